The fourth-order valence-corrected chi connectivity index (χ4v) is 7.44. The van der Waals surface area contributed by atoms with Crippen molar-refractivity contribution in [3.8, 4) is 39.7 Å². The molecule has 9 aromatic rings. The Morgan fingerprint density at radius 3 is 2.11 bits per heavy atom. The summed E-state index contributed by atoms with van der Waals surface area (Å²) >= 11 is 1.81. The summed E-state index contributed by atoms with van der Waals surface area (Å²) in [6, 6.07) is 50.5. The Balaban J connectivity index is 1.28. The van der Waals surface area contributed by atoms with Gasteiger partial charge in [-0.1, -0.05) is 103 Å². The van der Waals surface area contributed by atoms with Crippen LogP contribution in [0.15, 0.2) is 146 Å². The van der Waals surface area contributed by atoms with E-state index in [1.807, 2.05) is 29.5 Å². The Labute approximate surface area is 257 Å². The summed E-state index contributed by atoms with van der Waals surface area (Å²) in [5, 5.41) is 3.61. The number of nitrogens with zero attached hydrogens (tertiary/aromatic N) is 4. The maximum Gasteiger partial charge on any atom is 0.160 e. The first-order chi connectivity index (χ1) is 21.8. The molecule has 0 N–H and O–H groups in total. The number of fused-ring (bicyclic) bond motifs is 6. The topological polar surface area (TPSA) is 43.6 Å². The Morgan fingerprint density at radius 2 is 1.23 bits per heavy atom. The highest BCUT2D eigenvalue weighted by molar-refractivity contribution is 7.26. The Kier molecular flexibility index (Phi) is 5.64. The van der Waals surface area contributed by atoms with Crippen LogP contribution < -0.4 is 0 Å². The molecule has 9 rings (SSSR count). The van der Waals surface area contributed by atoms with Gasteiger partial charge in [-0.15, -0.1) is 11.3 Å². The van der Waals surface area contributed by atoms with E-state index in [0.29, 0.717) is 5.82 Å². The lowest BCUT2D eigenvalue weighted by atomic mass is 10.0. The van der Waals surface area contributed by atoms with Gasteiger partial charge in [0.1, 0.15) is 5.82 Å². The summed E-state index contributed by atoms with van der Waals surface area (Å²) in [5.41, 5.74) is 8.02. The summed E-state index contributed by atoms with van der Waals surface area (Å²) in [6.45, 7) is 0. The third-order valence-corrected chi connectivity index (χ3v) is 9.41. The quantitative estimate of drug-likeness (QED) is 0.208. The molecule has 0 bridgehead atoms. The van der Waals surface area contributed by atoms with Crippen molar-refractivity contribution >= 4 is 53.4 Å². The van der Waals surface area contributed by atoms with Crippen molar-refractivity contribution in [1.29, 1.82) is 0 Å². The molecule has 4 nitrogen and oxygen atoms in total. The zero-order chi connectivity index (χ0) is 29.0. The number of benzene rings is 6. The molecule has 3 aromatic heterocycles. The Morgan fingerprint density at radius 1 is 0.500 bits per heavy atom. The third-order valence-electron chi connectivity index (χ3n) is 8.21. The zero-order valence-electron chi connectivity index (χ0n) is 23.6. The average molecular weight is 581 g/mol. The van der Waals surface area contributed by atoms with Crippen LogP contribution >= 0.6 is 11.3 Å². The normalized spacial score (nSPS) is 11.6. The average Bonchev–Trinajstić information content (AvgIpc) is 3.68. The molecule has 0 spiro atoms. The lowest BCUT2D eigenvalue weighted by molar-refractivity contribution is 1.10. The van der Waals surface area contributed by atoms with E-state index in [-0.39, 0.29) is 0 Å². The summed E-state index contributed by atoms with van der Waals surface area (Å²) in [7, 11) is 0. The van der Waals surface area contributed by atoms with Crippen molar-refractivity contribution in [2.75, 3.05) is 0 Å². The Hall–Kier alpha value is -5.65. The van der Waals surface area contributed by atoms with Crippen LogP contribution in [0.2, 0.25) is 0 Å². The first-order valence-corrected chi connectivity index (χ1v) is 15.4. The molecule has 3 heterocycles. The molecule has 0 aliphatic carbocycles. The molecule has 0 aliphatic rings. The van der Waals surface area contributed by atoms with Crippen molar-refractivity contribution in [2.24, 2.45) is 0 Å². The van der Waals surface area contributed by atoms with Gasteiger partial charge in [-0.05, 0) is 42.5 Å². The summed E-state index contributed by atoms with van der Waals surface area (Å²) in [4.78, 5) is 15.6. The molecule has 0 fully saturated rings. The smallest absolute Gasteiger partial charge is 0.160 e. The van der Waals surface area contributed by atoms with Crippen LogP contribution in [-0.2, 0) is 0 Å². The second kappa shape index (κ2) is 9.97. The number of thiophene rings is 1. The van der Waals surface area contributed by atoms with Crippen LogP contribution in [0.25, 0.3) is 81.8 Å². The van der Waals surface area contributed by atoms with Gasteiger partial charge in [-0.2, -0.15) is 0 Å². The molecule has 0 amide bonds. The van der Waals surface area contributed by atoms with Gasteiger partial charge in [0, 0.05) is 47.9 Å². The molecule has 0 atom stereocenters. The first kappa shape index (κ1) is 24.9. The van der Waals surface area contributed by atoms with Crippen molar-refractivity contribution in [3.05, 3.63) is 146 Å². The monoisotopic (exact) mass is 580 g/mol. The van der Waals surface area contributed by atoms with Crippen molar-refractivity contribution < 1.29 is 0 Å². The second-order valence-electron chi connectivity index (χ2n) is 10.9. The van der Waals surface area contributed by atoms with E-state index >= 15 is 0 Å². The van der Waals surface area contributed by atoms with E-state index in [1.165, 1.54) is 20.2 Å². The molecule has 206 valence electrons. The fourth-order valence-electron chi connectivity index (χ4n) is 6.19. The van der Waals surface area contributed by atoms with E-state index in [0.717, 1.165) is 55.8 Å². The maximum atomic E-state index is 5.29. The number of hydrogen-bond donors (Lipinski definition) is 0. The van der Waals surface area contributed by atoms with Gasteiger partial charge < -0.3 is 0 Å². The maximum absolute atomic E-state index is 5.29. The van der Waals surface area contributed by atoms with Gasteiger partial charge in [-0.3, -0.25) is 4.57 Å². The Bertz CT molecular complexity index is 2490. The number of aromatic nitrogens is 4. The zero-order valence-corrected chi connectivity index (χ0v) is 24.4. The van der Waals surface area contributed by atoms with Crippen LogP contribution in [0.1, 0.15) is 0 Å². The van der Waals surface area contributed by atoms with Crippen LogP contribution in [0.5, 0.6) is 0 Å². The highest BCUT2D eigenvalue weighted by Gasteiger charge is 2.19. The summed E-state index contributed by atoms with van der Waals surface area (Å²) in [6.07, 6.45) is 0. The second-order valence-corrected chi connectivity index (χ2v) is 11.9. The van der Waals surface area contributed by atoms with Crippen LogP contribution in [0.4, 0.5) is 0 Å². The molecule has 0 saturated heterocycles. The highest BCUT2D eigenvalue weighted by atomic mass is 32.1. The number of imidazole rings is 1. The SMILES string of the molecule is c1ccc(-c2nc(-c3cccc(-c4nc5ccccc5n4-c4ccccc4)c3)nc3ccc4c5ccccc5sc4c23)cc1. The van der Waals surface area contributed by atoms with E-state index in [4.69, 9.17) is 15.0 Å². The predicted octanol–water partition coefficient (Wildman–Crippen LogP) is 10.3. The van der Waals surface area contributed by atoms with Crippen LogP contribution in [0.3, 0.4) is 0 Å². The number of hydrogen-bond acceptors (Lipinski definition) is 4. The largest absolute Gasteiger partial charge is 0.292 e. The minimum absolute atomic E-state index is 0.695. The van der Waals surface area contributed by atoms with E-state index in [2.05, 4.69) is 132 Å². The van der Waals surface area contributed by atoms with Gasteiger partial charge in [0.05, 0.1) is 22.2 Å². The van der Waals surface area contributed by atoms with E-state index < -0.39 is 0 Å². The number of rotatable bonds is 4. The van der Waals surface area contributed by atoms with Crippen LogP contribution in [0, 0.1) is 0 Å². The molecule has 5 heteroatoms. The molecule has 0 aliphatic heterocycles. The summed E-state index contributed by atoms with van der Waals surface area (Å²) in [5.74, 6) is 1.58. The first-order valence-electron chi connectivity index (χ1n) is 14.6. The van der Waals surface area contributed by atoms with Gasteiger partial charge in [-0.25, -0.2) is 15.0 Å². The van der Waals surface area contributed by atoms with Gasteiger partial charge in [0.25, 0.3) is 0 Å². The highest BCUT2D eigenvalue weighted by Crippen LogP contribution is 2.42. The lowest BCUT2D eigenvalue weighted by Gasteiger charge is -2.12. The van der Waals surface area contributed by atoms with Crippen molar-refractivity contribution in [3.63, 3.8) is 0 Å². The van der Waals surface area contributed by atoms with E-state index in [1.54, 1.807) is 0 Å². The van der Waals surface area contributed by atoms with Crippen molar-refractivity contribution in [1.82, 2.24) is 19.5 Å². The van der Waals surface area contributed by atoms with Crippen LogP contribution in [-0.4, -0.2) is 19.5 Å². The molecule has 0 radical (unpaired) electrons. The molecule has 6 aromatic carbocycles. The van der Waals surface area contributed by atoms with Crippen molar-refractivity contribution in [2.45, 2.75) is 0 Å². The molecule has 0 saturated carbocycles. The molecular weight excluding hydrogens is 557 g/mol. The summed E-state index contributed by atoms with van der Waals surface area (Å²) < 4.78 is 4.72. The predicted molar refractivity (Wildman–Crippen MR) is 183 cm³/mol. The number of para-hydroxylation sites is 3. The van der Waals surface area contributed by atoms with Gasteiger partial charge >= 0.3 is 0 Å². The minimum Gasteiger partial charge on any atom is -0.292 e. The molecule has 44 heavy (non-hydrogen) atoms. The minimum atomic E-state index is 0.695. The van der Waals surface area contributed by atoms with Gasteiger partial charge in [0.15, 0.2) is 5.82 Å². The van der Waals surface area contributed by atoms with Gasteiger partial charge in [0.2, 0.25) is 0 Å². The third kappa shape index (κ3) is 3.94. The fraction of sp³-hybridized carbons (Fsp3) is 0. The van der Waals surface area contributed by atoms with E-state index in [9.17, 15) is 0 Å². The lowest BCUT2D eigenvalue weighted by Crippen LogP contribution is -1.98. The molecule has 0 unspecified atom stereocenters. The molecular formula is C39H24N4S. The standard InChI is InChI=1S/C39H24N4S/c1-3-12-25(13-4-1)36-35-32(23-22-30-29-18-7-10-21-34(29)44-37(30)35)40-38(42-36)26-14-11-15-27(24-26)39-41-31-19-8-9-20-33(31)43(39)28-16-5-2-6-17-28/h1-24H.